The van der Waals surface area contributed by atoms with Crippen LogP contribution in [0.15, 0.2) is 23.8 Å². The third kappa shape index (κ3) is 3.86. The van der Waals surface area contributed by atoms with Crippen molar-refractivity contribution in [2.24, 2.45) is 35.5 Å². The van der Waals surface area contributed by atoms with Gasteiger partial charge in [-0.2, -0.15) is 0 Å². The van der Waals surface area contributed by atoms with Crippen molar-refractivity contribution in [1.82, 2.24) is 0 Å². The van der Waals surface area contributed by atoms with Crippen molar-refractivity contribution in [3.8, 4) is 0 Å². The zero-order valence-corrected chi connectivity index (χ0v) is 20.5. The Hall–Kier alpha value is -1.33. The molecule has 4 rings (SSSR count). The first-order valence-electron chi connectivity index (χ1n) is 12.0. The van der Waals surface area contributed by atoms with Crippen LogP contribution in [0.5, 0.6) is 0 Å². The number of cyclic esters (lactones) is 1. The Labute approximate surface area is 200 Å². The molecule has 0 aromatic heterocycles. The van der Waals surface area contributed by atoms with Gasteiger partial charge in [-0.3, -0.25) is 4.79 Å². The lowest BCUT2D eigenvalue weighted by atomic mass is 9.56. The highest BCUT2D eigenvalue weighted by atomic mass is 16.6. The van der Waals surface area contributed by atoms with Crippen LogP contribution in [-0.4, -0.2) is 98.6 Å². The van der Waals surface area contributed by atoms with E-state index in [1.807, 2.05) is 32.1 Å². The van der Waals surface area contributed by atoms with Gasteiger partial charge in [0.15, 0.2) is 0 Å². The van der Waals surface area contributed by atoms with Crippen LogP contribution >= 0.6 is 0 Å². The first kappa shape index (κ1) is 25.8. The number of esters is 1. The van der Waals surface area contributed by atoms with Crippen LogP contribution in [0.3, 0.4) is 0 Å². The van der Waals surface area contributed by atoms with Crippen molar-refractivity contribution in [2.75, 3.05) is 41.2 Å². The van der Waals surface area contributed by atoms with Crippen LogP contribution in [0.25, 0.3) is 0 Å². The van der Waals surface area contributed by atoms with Gasteiger partial charge in [0, 0.05) is 50.9 Å². The number of hydrogen-bond donors (Lipinski definition) is 3. The summed E-state index contributed by atoms with van der Waals surface area (Å²) in [5, 5.41) is 33.3. The highest BCUT2D eigenvalue weighted by molar-refractivity contribution is 5.74. The Balaban J connectivity index is 1.85. The number of carbonyl (C=O) groups excluding carboxylic acids is 1. The fourth-order valence-corrected chi connectivity index (χ4v) is 6.87. The zero-order valence-electron chi connectivity index (χ0n) is 20.5. The van der Waals surface area contributed by atoms with E-state index in [1.54, 1.807) is 7.11 Å². The van der Waals surface area contributed by atoms with Crippen LogP contribution in [0.2, 0.25) is 0 Å². The first-order chi connectivity index (χ1) is 16.2. The quantitative estimate of drug-likeness (QED) is 0.348. The average molecular weight is 483 g/mol. The second kappa shape index (κ2) is 9.97. The molecule has 1 saturated heterocycles. The minimum absolute atomic E-state index is 0.0193. The molecule has 0 aromatic carbocycles. The Bertz CT molecular complexity index is 812. The highest BCUT2D eigenvalue weighted by Crippen LogP contribution is 2.61. The summed E-state index contributed by atoms with van der Waals surface area (Å²) in [4.78, 5) is 13.5. The second-order valence-electron chi connectivity index (χ2n) is 10.2. The lowest BCUT2D eigenvalue weighted by Gasteiger charge is -2.49. The van der Waals surface area contributed by atoms with Crippen LogP contribution < -0.4 is 0 Å². The summed E-state index contributed by atoms with van der Waals surface area (Å²) < 4.78 is 28.5. The van der Waals surface area contributed by atoms with Crippen molar-refractivity contribution in [3.05, 3.63) is 23.8 Å². The summed E-state index contributed by atoms with van der Waals surface area (Å²) in [6.45, 7) is 4.11. The molecule has 4 aliphatic rings. The molecule has 0 radical (unpaired) electrons. The largest absolute Gasteiger partial charge is 0.459 e. The Morgan fingerprint density at radius 1 is 1.09 bits per heavy atom. The summed E-state index contributed by atoms with van der Waals surface area (Å²) in [6, 6.07) is 0. The number of methoxy groups -OCH3 is 3. The molecule has 2 aliphatic heterocycles. The molecule has 34 heavy (non-hydrogen) atoms. The van der Waals surface area contributed by atoms with Gasteiger partial charge < -0.3 is 39.0 Å². The van der Waals surface area contributed by atoms with E-state index in [4.69, 9.17) is 23.7 Å². The minimum Gasteiger partial charge on any atom is -0.459 e. The van der Waals surface area contributed by atoms with Gasteiger partial charge in [0.2, 0.25) is 0 Å². The standard InChI is InChI=1S/C25H38O9/c1-12-8-13(2)25-17(15(9-30-3)24(29)33-22(12)18(26)11-32-5)7-6-14-19(25)20(27)16(10-31-4)21(28)23(14)34-25/h6-8,12,14-23,26-28H,9-11H2,1-5H3/b13-8+/t12-,14-,15-,16-,17-,18+,19+,20-,21-,22+,23-,25+/m1/s1. The maximum Gasteiger partial charge on any atom is 0.312 e. The van der Waals surface area contributed by atoms with E-state index < -0.39 is 59.8 Å². The molecule has 9 heteroatoms. The highest BCUT2D eigenvalue weighted by Gasteiger charge is 2.70. The molecule has 2 fully saturated rings. The van der Waals surface area contributed by atoms with E-state index in [-0.39, 0.29) is 37.6 Å². The lowest BCUT2D eigenvalue weighted by Crippen LogP contribution is -2.59. The first-order valence-corrected chi connectivity index (χ1v) is 12.0. The van der Waals surface area contributed by atoms with E-state index in [0.29, 0.717) is 0 Å². The van der Waals surface area contributed by atoms with Gasteiger partial charge >= 0.3 is 5.97 Å². The fourth-order valence-electron chi connectivity index (χ4n) is 6.87. The molecule has 0 unspecified atom stereocenters. The Morgan fingerprint density at radius 3 is 2.44 bits per heavy atom. The topological polar surface area (TPSA) is 124 Å². The molecule has 192 valence electrons. The van der Waals surface area contributed by atoms with Crippen molar-refractivity contribution in [2.45, 2.75) is 50.0 Å². The summed E-state index contributed by atoms with van der Waals surface area (Å²) in [5.74, 6) is -3.18. The van der Waals surface area contributed by atoms with Gasteiger partial charge in [-0.15, -0.1) is 0 Å². The predicted molar refractivity (Wildman–Crippen MR) is 121 cm³/mol. The molecule has 0 aromatic rings. The Morgan fingerprint density at radius 2 is 1.79 bits per heavy atom. The van der Waals surface area contributed by atoms with E-state index >= 15 is 0 Å². The van der Waals surface area contributed by atoms with E-state index in [1.165, 1.54) is 14.2 Å². The van der Waals surface area contributed by atoms with Crippen molar-refractivity contribution >= 4 is 5.97 Å². The van der Waals surface area contributed by atoms with Crippen LogP contribution in [0.1, 0.15) is 13.8 Å². The molecule has 1 saturated carbocycles. The van der Waals surface area contributed by atoms with Gasteiger partial charge in [-0.1, -0.05) is 25.2 Å². The third-order valence-corrected chi connectivity index (χ3v) is 8.30. The van der Waals surface area contributed by atoms with Gasteiger partial charge in [0.25, 0.3) is 0 Å². The smallest absolute Gasteiger partial charge is 0.312 e. The molecular formula is C25H38O9. The number of aliphatic hydroxyl groups is 3. The van der Waals surface area contributed by atoms with Gasteiger partial charge in [-0.25, -0.2) is 0 Å². The molecule has 2 aliphatic carbocycles. The van der Waals surface area contributed by atoms with Crippen molar-refractivity contribution in [1.29, 1.82) is 0 Å². The third-order valence-electron chi connectivity index (χ3n) is 8.30. The average Bonchev–Trinajstić information content (AvgIpc) is 3.00. The normalized spacial score (nSPS) is 48.1. The number of hydrogen-bond acceptors (Lipinski definition) is 9. The summed E-state index contributed by atoms with van der Waals surface area (Å²) in [5.41, 5.74) is -0.199. The monoisotopic (exact) mass is 482 g/mol. The molecule has 12 atom stereocenters. The Kier molecular flexibility index (Phi) is 7.55. The molecule has 9 nitrogen and oxygen atoms in total. The van der Waals surface area contributed by atoms with Crippen LogP contribution in [-0.2, 0) is 28.5 Å². The SMILES string of the molecule is COC[C@H]1[C@@H](O)[C@@H]2O[C@@]34/C(C)=C/[C@@H](C)[C@@H]([C@@H](O)COC)OC(=O)[C@H](COC)[C@H]3C=C[C@@H]2[C@H]4[C@@H]1O. The number of rotatable bonds is 7. The van der Waals surface area contributed by atoms with Gasteiger partial charge in [0.05, 0.1) is 44.1 Å². The summed E-state index contributed by atoms with van der Waals surface area (Å²) >= 11 is 0. The molecular weight excluding hydrogens is 444 g/mol. The van der Waals surface area contributed by atoms with E-state index in [9.17, 15) is 20.1 Å². The zero-order chi connectivity index (χ0) is 24.8. The van der Waals surface area contributed by atoms with E-state index in [2.05, 4.69) is 0 Å². The minimum atomic E-state index is -1.04. The maximum absolute atomic E-state index is 13.5. The van der Waals surface area contributed by atoms with Crippen molar-refractivity contribution in [3.63, 3.8) is 0 Å². The predicted octanol–water partition coefficient (Wildman–Crippen LogP) is 0.318. The molecule has 3 N–H and O–H groups in total. The second-order valence-corrected chi connectivity index (χ2v) is 10.2. The molecule has 1 spiro atoms. The fraction of sp³-hybridized carbons (Fsp3) is 0.800. The summed E-state index contributed by atoms with van der Waals surface area (Å²) in [6.07, 6.45) is 1.68. The van der Waals surface area contributed by atoms with Crippen molar-refractivity contribution < 1.29 is 43.8 Å². The van der Waals surface area contributed by atoms with E-state index in [0.717, 1.165) is 5.57 Å². The number of aliphatic hydroxyl groups excluding tert-OH is 3. The van der Waals surface area contributed by atoms with Gasteiger partial charge in [0.1, 0.15) is 17.8 Å². The molecule has 0 amide bonds. The van der Waals surface area contributed by atoms with Gasteiger partial charge in [-0.05, 0) is 12.5 Å². The van der Waals surface area contributed by atoms with Crippen LogP contribution in [0.4, 0.5) is 0 Å². The summed E-state index contributed by atoms with van der Waals surface area (Å²) in [7, 11) is 4.54. The number of ether oxygens (including phenoxy) is 5. The molecule has 4 bridgehead atoms. The molecule has 2 heterocycles. The number of carbonyl (C=O) groups is 1. The lowest BCUT2D eigenvalue weighted by molar-refractivity contribution is -0.173. The van der Waals surface area contributed by atoms with Crippen LogP contribution in [0, 0.1) is 35.5 Å². The maximum atomic E-state index is 13.5.